The van der Waals surface area contributed by atoms with Crippen molar-refractivity contribution in [3.8, 4) is 0 Å². The summed E-state index contributed by atoms with van der Waals surface area (Å²) in [6, 6.07) is -0.491. The molecule has 1 aliphatic rings. The molecule has 1 aliphatic heterocycles. The lowest BCUT2D eigenvalue weighted by molar-refractivity contribution is -0.142. The van der Waals surface area contributed by atoms with E-state index in [1.807, 2.05) is 0 Å². The van der Waals surface area contributed by atoms with E-state index in [4.69, 9.17) is 14.3 Å². The molecule has 104 valence electrons. The van der Waals surface area contributed by atoms with Gasteiger partial charge in [0.2, 0.25) is 5.76 Å². The molecule has 0 radical (unpaired) electrons. The van der Waals surface area contributed by atoms with Crippen molar-refractivity contribution in [2.24, 2.45) is 5.92 Å². The highest BCUT2D eigenvalue weighted by Crippen LogP contribution is 2.22. The summed E-state index contributed by atoms with van der Waals surface area (Å²) in [5.41, 5.74) is 0.500. The molecule has 1 fully saturated rings. The summed E-state index contributed by atoms with van der Waals surface area (Å²) in [4.78, 5) is 28.8. The highest BCUT2D eigenvalue weighted by Gasteiger charge is 2.39. The van der Waals surface area contributed by atoms with E-state index >= 15 is 0 Å². The Morgan fingerprint density at radius 3 is 2.58 bits per heavy atom. The zero-order valence-corrected chi connectivity index (χ0v) is 11.0. The lowest BCUT2D eigenvalue weighted by Crippen LogP contribution is -2.44. The molecule has 0 aromatic carbocycles. The molecule has 2 unspecified atom stereocenters. The van der Waals surface area contributed by atoms with E-state index in [0.717, 1.165) is 0 Å². The molecule has 1 N–H and O–H groups in total. The average Bonchev–Trinajstić information content (AvgIpc) is 2.93. The van der Waals surface area contributed by atoms with E-state index in [2.05, 4.69) is 4.98 Å². The minimum atomic E-state index is -0.965. The third kappa shape index (κ3) is 2.46. The van der Waals surface area contributed by atoms with Gasteiger partial charge in [-0.2, -0.15) is 0 Å². The Balaban J connectivity index is 2.19. The Hall–Kier alpha value is -1.89. The number of carbonyl (C=O) groups is 2. The highest BCUT2D eigenvalue weighted by atomic mass is 16.5. The van der Waals surface area contributed by atoms with E-state index in [-0.39, 0.29) is 24.9 Å². The number of hydrogen-bond donors (Lipinski definition) is 1. The quantitative estimate of drug-likeness (QED) is 0.856. The Labute approximate surface area is 110 Å². The van der Waals surface area contributed by atoms with Gasteiger partial charge in [0.25, 0.3) is 5.91 Å². The van der Waals surface area contributed by atoms with E-state index < -0.39 is 17.9 Å². The number of hydrogen-bond acceptors (Lipinski definition) is 5. The fraction of sp³-hybridized carbons (Fsp3) is 0.583. The molecular weight excluding hydrogens is 252 g/mol. The minimum Gasteiger partial charge on any atom is -0.481 e. The van der Waals surface area contributed by atoms with E-state index in [9.17, 15) is 9.59 Å². The molecule has 7 nitrogen and oxygen atoms in total. The number of aryl methyl sites for hydroxylation is 2. The van der Waals surface area contributed by atoms with Crippen molar-refractivity contribution in [1.82, 2.24) is 9.88 Å². The van der Waals surface area contributed by atoms with E-state index in [1.54, 1.807) is 20.9 Å². The number of likely N-dealkylation sites (N-methyl/N-ethyl adjacent to an activating group) is 1. The van der Waals surface area contributed by atoms with Gasteiger partial charge in [-0.1, -0.05) is 0 Å². The first-order valence-electron chi connectivity index (χ1n) is 5.93. The first-order chi connectivity index (χ1) is 8.91. The molecule has 1 saturated heterocycles. The third-order valence-electron chi connectivity index (χ3n) is 3.28. The lowest BCUT2D eigenvalue weighted by atomic mass is 10.0. The van der Waals surface area contributed by atoms with Crippen LogP contribution < -0.4 is 0 Å². The maximum Gasteiger partial charge on any atom is 0.311 e. The van der Waals surface area contributed by atoms with Crippen LogP contribution in [-0.2, 0) is 9.53 Å². The van der Waals surface area contributed by atoms with Crippen molar-refractivity contribution in [2.75, 3.05) is 20.3 Å². The number of carboxylic acids is 1. The van der Waals surface area contributed by atoms with Crippen LogP contribution in [0.15, 0.2) is 4.42 Å². The Morgan fingerprint density at radius 1 is 1.37 bits per heavy atom. The smallest absolute Gasteiger partial charge is 0.311 e. The minimum absolute atomic E-state index is 0.117. The summed E-state index contributed by atoms with van der Waals surface area (Å²) in [5, 5.41) is 9.09. The summed E-state index contributed by atoms with van der Waals surface area (Å²) in [7, 11) is 1.55. The molecule has 2 heterocycles. The van der Waals surface area contributed by atoms with Crippen LogP contribution in [0.25, 0.3) is 0 Å². The molecule has 2 rings (SSSR count). The SMILES string of the molecule is Cc1nc(C)c(C(=O)N(C)C2COCC2C(=O)O)o1. The van der Waals surface area contributed by atoms with Gasteiger partial charge in [0.15, 0.2) is 5.89 Å². The Kier molecular flexibility index (Phi) is 3.57. The van der Waals surface area contributed by atoms with Gasteiger partial charge in [-0.25, -0.2) is 4.98 Å². The first kappa shape index (κ1) is 13.5. The van der Waals surface area contributed by atoms with E-state index in [0.29, 0.717) is 11.6 Å². The average molecular weight is 268 g/mol. The van der Waals surface area contributed by atoms with E-state index in [1.165, 1.54) is 4.90 Å². The van der Waals surface area contributed by atoms with Gasteiger partial charge in [0.1, 0.15) is 5.92 Å². The summed E-state index contributed by atoms with van der Waals surface area (Å²) >= 11 is 0. The van der Waals surface area contributed by atoms with Gasteiger partial charge >= 0.3 is 5.97 Å². The number of aliphatic carboxylic acids is 1. The summed E-state index contributed by atoms with van der Waals surface area (Å²) in [6.07, 6.45) is 0. The Bertz CT molecular complexity index is 510. The topological polar surface area (TPSA) is 92.9 Å². The molecule has 0 spiro atoms. The fourth-order valence-corrected chi connectivity index (χ4v) is 2.20. The standard InChI is InChI=1S/C12H16N2O5/c1-6-10(19-7(2)13-6)11(15)14(3)9-5-18-4-8(9)12(16)17/h8-9H,4-5H2,1-3H3,(H,16,17). The number of carboxylic acid groups (broad SMARTS) is 1. The van der Waals surface area contributed by atoms with Crippen LogP contribution in [0.1, 0.15) is 22.1 Å². The van der Waals surface area contributed by atoms with Crippen LogP contribution in [0, 0.1) is 19.8 Å². The first-order valence-corrected chi connectivity index (χ1v) is 5.93. The molecule has 1 amide bonds. The third-order valence-corrected chi connectivity index (χ3v) is 3.28. The number of rotatable bonds is 3. The van der Waals surface area contributed by atoms with Crippen molar-refractivity contribution in [3.05, 3.63) is 17.3 Å². The summed E-state index contributed by atoms with van der Waals surface area (Å²) in [6.45, 7) is 3.66. The van der Waals surface area contributed by atoms with Crippen LogP contribution >= 0.6 is 0 Å². The van der Waals surface area contributed by atoms with Crippen LogP contribution in [0.4, 0.5) is 0 Å². The molecular formula is C12H16N2O5. The number of aromatic nitrogens is 1. The van der Waals surface area contributed by atoms with Gasteiger partial charge < -0.3 is 19.2 Å². The summed E-state index contributed by atoms with van der Waals surface area (Å²) < 4.78 is 10.4. The molecule has 0 aliphatic carbocycles. The molecule has 1 aromatic rings. The van der Waals surface area contributed by atoms with Crippen molar-refractivity contribution in [3.63, 3.8) is 0 Å². The van der Waals surface area contributed by atoms with Crippen molar-refractivity contribution >= 4 is 11.9 Å². The van der Waals surface area contributed by atoms with Crippen molar-refractivity contribution in [2.45, 2.75) is 19.9 Å². The van der Waals surface area contributed by atoms with Crippen LogP contribution in [0.3, 0.4) is 0 Å². The normalized spacial score (nSPS) is 22.5. The van der Waals surface area contributed by atoms with Gasteiger partial charge in [0.05, 0.1) is 24.9 Å². The zero-order chi connectivity index (χ0) is 14.2. The largest absolute Gasteiger partial charge is 0.481 e. The van der Waals surface area contributed by atoms with Crippen LogP contribution in [0.5, 0.6) is 0 Å². The van der Waals surface area contributed by atoms with Crippen LogP contribution in [-0.4, -0.2) is 53.2 Å². The number of ether oxygens (including phenoxy) is 1. The van der Waals surface area contributed by atoms with Gasteiger partial charge in [0, 0.05) is 14.0 Å². The molecule has 1 aromatic heterocycles. The molecule has 0 bridgehead atoms. The maximum atomic E-state index is 12.3. The van der Waals surface area contributed by atoms with Gasteiger partial charge in [-0.3, -0.25) is 9.59 Å². The van der Waals surface area contributed by atoms with Crippen molar-refractivity contribution in [1.29, 1.82) is 0 Å². The predicted molar refractivity (Wildman–Crippen MR) is 63.8 cm³/mol. The second-order valence-corrected chi connectivity index (χ2v) is 4.61. The van der Waals surface area contributed by atoms with Crippen LogP contribution in [0.2, 0.25) is 0 Å². The molecule has 0 saturated carbocycles. The zero-order valence-electron chi connectivity index (χ0n) is 11.0. The predicted octanol–water partition coefficient (Wildman–Crippen LogP) is 0.463. The number of amides is 1. The fourth-order valence-electron chi connectivity index (χ4n) is 2.20. The number of oxazole rings is 1. The Morgan fingerprint density at radius 2 is 2.05 bits per heavy atom. The maximum absolute atomic E-state index is 12.3. The second kappa shape index (κ2) is 5.00. The van der Waals surface area contributed by atoms with Gasteiger partial charge in [-0.15, -0.1) is 0 Å². The molecule has 2 atom stereocenters. The molecule has 7 heteroatoms. The number of nitrogens with zero attached hydrogens (tertiary/aromatic N) is 2. The number of carbonyl (C=O) groups excluding carboxylic acids is 1. The lowest BCUT2D eigenvalue weighted by Gasteiger charge is -2.25. The summed E-state index contributed by atoms with van der Waals surface area (Å²) in [5.74, 6) is -1.49. The van der Waals surface area contributed by atoms with Gasteiger partial charge in [-0.05, 0) is 6.92 Å². The molecule has 19 heavy (non-hydrogen) atoms. The second-order valence-electron chi connectivity index (χ2n) is 4.61. The highest BCUT2D eigenvalue weighted by molar-refractivity contribution is 5.93. The van der Waals surface area contributed by atoms with Crippen molar-refractivity contribution < 1.29 is 23.8 Å². The monoisotopic (exact) mass is 268 g/mol.